The first-order valence-corrected chi connectivity index (χ1v) is 8.94. The summed E-state index contributed by atoms with van der Waals surface area (Å²) in [5.74, 6) is -0.547. The molecule has 0 aliphatic carbocycles. The summed E-state index contributed by atoms with van der Waals surface area (Å²) < 4.78 is 0.958. The lowest BCUT2D eigenvalue weighted by Crippen LogP contribution is -2.21. The topological polar surface area (TPSA) is 73.2 Å². The van der Waals surface area contributed by atoms with E-state index in [-0.39, 0.29) is 11.8 Å². The summed E-state index contributed by atoms with van der Waals surface area (Å²) >= 11 is 4.47. The van der Waals surface area contributed by atoms with Gasteiger partial charge < -0.3 is 10.2 Å². The maximum atomic E-state index is 12.2. The maximum absolute atomic E-state index is 12.2. The average Bonchev–Trinajstić information content (AvgIpc) is 2.88. The van der Waals surface area contributed by atoms with Crippen LogP contribution in [-0.2, 0) is 4.79 Å². The molecule has 0 saturated heterocycles. The Morgan fingerprint density at radius 2 is 1.92 bits per heavy atom. The van der Waals surface area contributed by atoms with Gasteiger partial charge in [0, 0.05) is 24.6 Å². The lowest BCUT2D eigenvalue weighted by molar-refractivity contribution is -0.111. The van der Waals surface area contributed by atoms with Gasteiger partial charge >= 0.3 is 0 Å². The summed E-state index contributed by atoms with van der Waals surface area (Å²) in [7, 11) is 3.29. The molecule has 0 unspecified atom stereocenters. The standard InChI is InChI=1S/C18H16BrN3O2S/c1-11-14(10-20)17(25-16(11)18(24)22(2)3)21-15(23)9-6-12-4-7-13(19)8-5-12/h4-9H,1-3H3,(H,21,23)/b9-6+. The second-order valence-corrected chi connectivity index (χ2v) is 7.38. The van der Waals surface area contributed by atoms with Crippen molar-refractivity contribution < 1.29 is 9.59 Å². The fourth-order valence-corrected chi connectivity index (χ4v) is 3.49. The van der Waals surface area contributed by atoms with Crippen LogP contribution in [0.3, 0.4) is 0 Å². The fourth-order valence-electron chi connectivity index (χ4n) is 2.04. The lowest BCUT2D eigenvalue weighted by Gasteiger charge is -2.08. The zero-order chi connectivity index (χ0) is 18.6. The number of nitriles is 1. The lowest BCUT2D eigenvalue weighted by atomic mass is 10.1. The van der Waals surface area contributed by atoms with Crippen molar-refractivity contribution in [1.29, 1.82) is 5.26 Å². The van der Waals surface area contributed by atoms with E-state index < -0.39 is 0 Å². The number of nitrogens with zero attached hydrogens (tertiary/aromatic N) is 2. The van der Waals surface area contributed by atoms with E-state index in [9.17, 15) is 14.9 Å². The van der Waals surface area contributed by atoms with Gasteiger partial charge in [0.25, 0.3) is 5.91 Å². The molecule has 128 valence electrons. The molecule has 5 nitrogen and oxygen atoms in total. The van der Waals surface area contributed by atoms with E-state index in [0.717, 1.165) is 21.4 Å². The van der Waals surface area contributed by atoms with E-state index in [1.165, 1.54) is 11.0 Å². The van der Waals surface area contributed by atoms with Crippen LogP contribution < -0.4 is 5.32 Å². The third-order valence-corrected chi connectivity index (χ3v) is 5.12. The van der Waals surface area contributed by atoms with Gasteiger partial charge in [-0.2, -0.15) is 5.26 Å². The van der Waals surface area contributed by atoms with Crippen LogP contribution in [0.25, 0.3) is 6.08 Å². The molecule has 1 aromatic heterocycles. The van der Waals surface area contributed by atoms with Crippen molar-refractivity contribution >= 4 is 50.2 Å². The van der Waals surface area contributed by atoms with Gasteiger partial charge in [0.2, 0.25) is 5.91 Å². The molecule has 0 spiro atoms. The molecule has 0 aliphatic heterocycles. The Morgan fingerprint density at radius 1 is 1.28 bits per heavy atom. The largest absolute Gasteiger partial charge is 0.344 e. The van der Waals surface area contributed by atoms with Gasteiger partial charge in [-0.05, 0) is 36.3 Å². The van der Waals surface area contributed by atoms with E-state index in [1.54, 1.807) is 27.1 Å². The smallest absolute Gasteiger partial charge is 0.263 e. The van der Waals surface area contributed by atoms with Crippen LogP contribution in [0.1, 0.15) is 26.4 Å². The monoisotopic (exact) mass is 417 g/mol. The van der Waals surface area contributed by atoms with E-state index in [0.29, 0.717) is 21.0 Å². The molecule has 0 atom stereocenters. The molecule has 0 fully saturated rings. The second kappa shape index (κ2) is 8.10. The molecule has 1 aromatic carbocycles. The maximum Gasteiger partial charge on any atom is 0.263 e. The van der Waals surface area contributed by atoms with E-state index in [4.69, 9.17) is 0 Å². The number of halogens is 1. The summed E-state index contributed by atoms with van der Waals surface area (Å²) in [4.78, 5) is 26.2. The highest BCUT2D eigenvalue weighted by Gasteiger charge is 2.21. The molecule has 2 amide bonds. The number of thiophene rings is 1. The Balaban J connectivity index is 2.20. The van der Waals surface area contributed by atoms with Gasteiger partial charge in [0.05, 0.1) is 10.4 Å². The van der Waals surface area contributed by atoms with Gasteiger partial charge in [0.15, 0.2) is 0 Å². The quantitative estimate of drug-likeness (QED) is 0.762. The zero-order valence-electron chi connectivity index (χ0n) is 14.0. The molecule has 0 aliphatic rings. The second-order valence-electron chi connectivity index (χ2n) is 5.45. The Morgan fingerprint density at radius 3 is 2.48 bits per heavy atom. The SMILES string of the molecule is Cc1c(C(=O)N(C)C)sc(NC(=O)/C=C/c2ccc(Br)cc2)c1C#N. The predicted molar refractivity (Wildman–Crippen MR) is 104 cm³/mol. The number of hydrogen-bond acceptors (Lipinski definition) is 4. The first kappa shape index (κ1) is 18.9. The Labute approximate surface area is 158 Å². The Kier molecular flexibility index (Phi) is 6.12. The third-order valence-electron chi connectivity index (χ3n) is 3.39. The highest BCUT2D eigenvalue weighted by Crippen LogP contribution is 2.33. The number of benzene rings is 1. The first-order valence-electron chi connectivity index (χ1n) is 7.33. The van der Waals surface area contributed by atoms with E-state index in [2.05, 4.69) is 27.3 Å². The number of rotatable bonds is 4. The van der Waals surface area contributed by atoms with Crippen LogP contribution >= 0.6 is 27.3 Å². The van der Waals surface area contributed by atoms with Crippen molar-refractivity contribution in [1.82, 2.24) is 4.90 Å². The van der Waals surface area contributed by atoms with Gasteiger partial charge in [-0.25, -0.2) is 0 Å². The van der Waals surface area contributed by atoms with Crippen molar-refractivity contribution in [2.45, 2.75) is 6.92 Å². The molecule has 0 radical (unpaired) electrons. The van der Waals surface area contributed by atoms with Crippen molar-refractivity contribution in [3.63, 3.8) is 0 Å². The minimum atomic E-state index is -0.357. The van der Waals surface area contributed by atoms with Gasteiger partial charge in [-0.3, -0.25) is 9.59 Å². The van der Waals surface area contributed by atoms with Crippen LogP contribution in [0, 0.1) is 18.3 Å². The molecule has 1 N–H and O–H groups in total. The first-order chi connectivity index (χ1) is 11.8. The predicted octanol–water partition coefficient (Wildman–Crippen LogP) is 4.04. The summed E-state index contributed by atoms with van der Waals surface area (Å²) in [5.41, 5.74) is 1.78. The summed E-state index contributed by atoms with van der Waals surface area (Å²) in [5, 5.41) is 12.4. The average molecular weight is 418 g/mol. The van der Waals surface area contributed by atoms with Gasteiger partial charge in [-0.1, -0.05) is 28.1 Å². The fraction of sp³-hybridized carbons (Fsp3) is 0.167. The number of carbonyl (C=O) groups excluding carboxylic acids is 2. The molecule has 25 heavy (non-hydrogen) atoms. The molecule has 2 aromatic rings. The number of anilines is 1. The molecule has 1 heterocycles. The van der Waals surface area contributed by atoms with Crippen LogP contribution in [0.5, 0.6) is 0 Å². The highest BCUT2D eigenvalue weighted by atomic mass is 79.9. The molecule has 7 heteroatoms. The van der Waals surface area contributed by atoms with Crippen molar-refractivity contribution in [2.75, 3.05) is 19.4 Å². The third kappa shape index (κ3) is 4.56. The molecule has 2 rings (SSSR count). The number of hydrogen-bond donors (Lipinski definition) is 1. The van der Waals surface area contributed by atoms with Crippen LogP contribution in [0.2, 0.25) is 0 Å². The Hall–Kier alpha value is -2.43. The van der Waals surface area contributed by atoms with Gasteiger partial charge in [0.1, 0.15) is 11.1 Å². The number of carbonyl (C=O) groups is 2. The van der Waals surface area contributed by atoms with Crippen molar-refractivity contribution in [2.24, 2.45) is 0 Å². The van der Waals surface area contributed by atoms with Crippen molar-refractivity contribution in [3.05, 3.63) is 56.4 Å². The van der Waals surface area contributed by atoms with E-state index in [1.807, 2.05) is 24.3 Å². The van der Waals surface area contributed by atoms with Crippen LogP contribution in [-0.4, -0.2) is 30.8 Å². The van der Waals surface area contributed by atoms with Crippen LogP contribution in [0.4, 0.5) is 5.00 Å². The molecule has 0 saturated carbocycles. The normalized spacial score (nSPS) is 10.5. The minimum Gasteiger partial charge on any atom is -0.344 e. The van der Waals surface area contributed by atoms with Crippen LogP contribution in [0.15, 0.2) is 34.8 Å². The summed E-state index contributed by atoms with van der Waals surface area (Å²) in [6.07, 6.45) is 3.08. The molecular weight excluding hydrogens is 402 g/mol. The minimum absolute atomic E-state index is 0.190. The zero-order valence-corrected chi connectivity index (χ0v) is 16.4. The summed E-state index contributed by atoms with van der Waals surface area (Å²) in [6.45, 7) is 1.71. The number of nitrogens with one attached hydrogen (secondary N) is 1. The highest BCUT2D eigenvalue weighted by molar-refractivity contribution is 9.10. The van der Waals surface area contributed by atoms with E-state index >= 15 is 0 Å². The van der Waals surface area contributed by atoms with Gasteiger partial charge in [-0.15, -0.1) is 11.3 Å². The number of amides is 2. The molecule has 0 bridgehead atoms. The Bertz CT molecular complexity index is 877. The summed E-state index contributed by atoms with van der Waals surface area (Å²) in [6, 6.07) is 9.57. The van der Waals surface area contributed by atoms with Crippen molar-refractivity contribution in [3.8, 4) is 6.07 Å². The molecular formula is C18H16BrN3O2S.